The summed E-state index contributed by atoms with van der Waals surface area (Å²) in [6.45, 7) is 6.19. The smallest absolute Gasteiger partial charge is 0.320 e. The van der Waals surface area contributed by atoms with E-state index in [0.717, 1.165) is 88.6 Å². The van der Waals surface area contributed by atoms with E-state index in [1.54, 1.807) is 5.01 Å². The van der Waals surface area contributed by atoms with Gasteiger partial charge in [0.1, 0.15) is 0 Å². The van der Waals surface area contributed by atoms with Crippen molar-refractivity contribution in [2.75, 3.05) is 27.2 Å². The van der Waals surface area contributed by atoms with E-state index in [-0.39, 0.29) is 5.97 Å². The number of carbonyl (C=O) groups excluding carboxylic acids is 2. The van der Waals surface area contributed by atoms with Gasteiger partial charge < -0.3 is 5.32 Å². The van der Waals surface area contributed by atoms with Gasteiger partial charge in [0.2, 0.25) is 0 Å². The topological polar surface area (TPSA) is 83.2 Å². The highest BCUT2D eigenvalue weighted by Crippen LogP contribution is 2.13. The van der Waals surface area contributed by atoms with E-state index in [2.05, 4.69) is 48.7 Å². The van der Waals surface area contributed by atoms with Crippen molar-refractivity contribution in [3.05, 3.63) is 24.3 Å². The Labute approximate surface area is 321 Å². The Kier molecular flexibility index (Phi) is 39.8. The van der Waals surface area contributed by atoms with Crippen LogP contribution in [0.15, 0.2) is 29.6 Å². The molecule has 0 aromatic rings. The molecule has 0 saturated carbocycles. The minimum Gasteiger partial charge on any atom is -0.320 e. The number of nitrogens with zero attached hydrogens (tertiary/aromatic N) is 3. The maximum Gasteiger partial charge on any atom is 0.386 e. The standard InChI is InChI=1S/C44H85N4O4/c1-5-7-9-11-13-15-17-19-21-23-25-27-29-31-35-39-43(49)51-46-48(47(4)42-38-34-33-37-41-45-3)52-44(50)40-36-32-30-28-26-24-22-20-18-16-14-12-10-8-6-2/h19-22,45H,5-18,23-42H2,1-4H3/q+1/b21-19-,22-20-,48-46+. The summed E-state index contributed by atoms with van der Waals surface area (Å²) in [5, 5.41) is 8.84. The lowest BCUT2D eigenvalue weighted by Gasteiger charge is -2.09. The lowest BCUT2D eigenvalue weighted by Crippen LogP contribution is -2.34. The molecule has 0 saturated heterocycles. The van der Waals surface area contributed by atoms with Gasteiger partial charge in [-0.05, 0) is 90.6 Å². The van der Waals surface area contributed by atoms with Gasteiger partial charge in [-0.25, -0.2) is 9.59 Å². The number of allylic oxidation sites excluding steroid dienone is 4. The molecule has 52 heavy (non-hydrogen) atoms. The maximum atomic E-state index is 12.7. The fourth-order valence-corrected chi connectivity index (χ4v) is 6.17. The third-order valence-electron chi connectivity index (χ3n) is 9.63. The van der Waals surface area contributed by atoms with Gasteiger partial charge in [0, 0.05) is 6.42 Å². The summed E-state index contributed by atoms with van der Waals surface area (Å²) >= 11 is 0. The highest BCUT2D eigenvalue weighted by molar-refractivity contribution is 5.69. The van der Waals surface area contributed by atoms with E-state index in [1.807, 2.05) is 14.1 Å². The predicted octanol–water partition coefficient (Wildman–Crippen LogP) is 13.1. The van der Waals surface area contributed by atoms with E-state index in [9.17, 15) is 9.59 Å². The van der Waals surface area contributed by atoms with Crippen LogP contribution in [-0.4, -0.2) is 49.1 Å². The second-order valence-corrected chi connectivity index (χ2v) is 14.8. The molecule has 0 aliphatic carbocycles. The number of unbranched alkanes of at least 4 members (excludes halogenated alkanes) is 25. The fourth-order valence-electron chi connectivity index (χ4n) is 6.17. The van der Waals surface area contributed by atoms with Crippen LogP contribution in [-0.2, 0) is 19.3 Å². The predicted molar refractivity (Wildman–Crippen MR) is 219 cm³/mol. The van der Waals surface area contributed by atoms with Crippen LogP contribution in [0.4, 0.5) is 0 Å². The van der Waals surface area contributed by atoms with Crippen molar-refractivity contribution in [2.45, 2.75) is 219 Å². The summed E-state index contributed by atoms with van der Waals surface area (Å²) in [6.07, 6.45) is 45.8. The van der Waals surface area contributed by atoms with E-state index >= 15 is 0 Å². The average molecular weight is 734 g/mol. The molecule has 304 valence electrons. The molecule has 0 amide bonds. The minimum atomic E-state index is -0.392. The van der Waals surface area contributed by atoms with Crippen LogP contribution in [0.1, 0.15) is 219 Å². The summed E-state index contributed by atoms with van der Waals surface area (Å²) in [4.78, 5) is 37.0. The summed E-state index contributed by atoms with van der Waals surface area (Å²) in [5.74, 6) is -0.744. The van der Waals surface area contributed by atoms with Crippen molar-refractivity contribution in [2.24, 2.45) is 5.28 Å². The van der Waals surface area contributed by atoms with Gasteiger partial charge >= 0.3 is 11.9 Å². The zero-order valence-electron chi connectivity index (χ0n) is 34.8. The molecule has 8 nitrogen and oxygen atoms in total. The van der Waals surface area contributed by atoms with Gasteiger partial charge in [-0.1, -0.05) is 154 Å². The molecule has 0 aromatic heterocycles. The van der Waals surface area contributed by atoms with Gasteiger partial charge in [-0.15, -0.1) is 9.85 Å². The van der Waals surface area contributed by atoms with Crippen molar-refractivity contribution in [3.8, 4) is 0 Å². The normalized spacial score (nSPS) is 12.0. The first kappa shape index (κ1) is 49.8. The summed E-state index contributed by atoms with van der Waals surface area (Å²) < 4.78 is 0. The minimum absolute atomic E-state index is 0.313. The van der Waals surface area contributed by atoms with Crippen molar-refractivity contribution in [3.63, 3.8) is 0 Å². The monoisotopic (exact) mass is 734 g/mol. The van der Waals surface area contributed by atoms with Crippen LogP contribution >= 0.6 is 0 Å². The highest BCUT2D eigenvalue weighted by atomic mass is 16.8. The molecule has 0 atom stereocenters. The van der Waals surface area contributed by atoms with Crippen molar-refractivity contribution < 1.29 is 24.2 Å². The molecule has 8 heteroatoms. The Morgan fingerprint density at radius 2 is 0.923 bits per heavy atom. The first-order chi connectivity index (χ1) is 25.5. The largest absolute Gasteiger partial charge is 0.386 e. The number of nitrogens with one attached hydrogen (secondary N) is 1. The quantitative estimate of drug-likeness (QED) is 0.0222. The fraction of sp³-hybridized carbons (Fsp3) is 0.864. The average Bonchev–Trinajstić information content (AvgIpc) is 3.14. The summed E-state index contributed by atoms with van der Waals surface area (Å²) in [6, 6.07) is 0. The van der Waals surface area contributed by atoms with Crippen LogP contribution < -0.4 is 5.32 Å². The molecule has 0 spiro atoms. The SMILES string of the molecule is CCCCCCCC/C=C\CCCCCCCC(=O)O/N=[N+](/OC(=O)CCCCCCC/C=C\CCCCCCCC)N(C)CCCCCCNC. The highest BCUT2D eigenvalue weighted by Gasteiger charge is 2.23. The van der Waals surface area contributed by atoms with E-state index in [4.69, 9.17) is 9.68 Å². The number of carbonyl (C=O) groups is 2. The lowest BCUT2D eigenvalue weighted by molar-refractivity contribution is -0.924. The van der Waals surface area contributed by atoms with E-state index in [1.165, 1.54) is 116 Å². The molecule has 0 aromatic carbocycles. The van der Waals surface area contributed by atoms with Gasteiger partial charge in [-0.3, -0.25) is 4.84 Å². The molecule has 0 unspecified atom stereocenters. The van der Waals surface area contributed by atoms with Crippen LogP contribution in [0.25, 0.3) is 0 Å². The molecule has 0 rings (SSSR count). The Morgan fingerprint density at radius 3 is 1.38 bits per heavy atom. The second-order valence-electron chi connectivity index (χ2n) is 14.8. The van der Waals surface area contributed by atoms with Gasteiger partial charge in [-0.2, -0.15) is 0 Å². The third-order valence-corrected chi connectivity index (χ3v) is 9.63. The molecule has 0 bridgehead atoms. The first-order valence-corrected chi connectivity index (χ1v) is 22.1. The summed E-state index contributed by atoms with van der Waals surface area (Å²) in [7, 11) is 3.78. The van der Waals surface area contributed by atoms with E-state index in [0.29, 0.717) is 19.4 Å². The number of hydrogen-bond acceptors (Lipinski definition) is 6. The van der Waals surface area contributed by atoms with Gasteiger partial charge in [0.05, 0.1) is 20.0 Å². The zero-order valence-corrected chi connectivity index (χ0v) is 34.8. The molecule has 1 N–H and O–H groups in total. The number of rotatable bonds is 40. The molecule has 0 heterocycles. The van der Waals surface area contributed by atoms with Crippen molar-refractivity contribution in [1.29, 1.82) is 0 Å². The van der Waals surface area contributed by atoms with Crippen LogP contribution in [0.2, 0.25) is 0 Å². The van der Waals surface area contributed by atoms with Crippen molar-refractivity contribution in [1.82, 2.24) is 10.3 Å². The van der Waals surface area contributed by atoms with Crippen LogP contribution in [0.5, 0.6) is 0 Å². The zero-order chi connectivity index (χ0) is 38.0. The van der Waals surface area contributed by atoms with Crippen LogP contribution in [0, 0.1) is 0 Å². The first-order valence-electron chi connectivity index (χ1n) is 22.1. The molecule has 0 aliphatic rings. The summed E-state index contributed by atoms with van der Waals surface area (Å²) in [5.41, 5.74) is 0. The van der Waals surface area contributed by atoms with Gasteiger partial charge in [0.25, 0.3) is 10.2 Å². The Hall–Kier alpha value is -2.22. The van der Waals surface area contributed by atoms with Crippen molar-refractivity contribution >= 4 is 11.9 Å². The maximum absolute atomic E-state index is 12.7. The molecular formula is C44H85N4O4+. The Morgan fingerprint density at radius 1 is 0.538 bits per heavy atom. The second kappa shape index (κ2) is 41.5. The number of hydrogen-bond donors (Lipinski definition) is 1. The Bertz CT molecular complexity index is 876. The van der Waals surface area contributed by atoms with Crippen LogP contribution in [0.3, 0.4) is 0 Å². The Balaban J connectivity index is 4.31. The number of hydrazine groups is 1. The van der Waals surface area contributed by atoms with E-state index < -0.39 is 5.97 Å². The molecular weight excluding hydrogens is 649 g/mol. The van der Waals surface area contributed by atoms with Gasteiger partial charge in [0.15, 0.2) is 0 Å². The lowest BCUT2D eigenvalue weighted by atomic mass is 10.1. The molecule has 0 fully saturated rings. The third kappa shape index (κ3) is 37.5. The molecule has 0 radical (unpaired) electrons. The molecule has 0 aliphatic heterocycles.